The Morgan fingerprint density at radius 2 is 1.35 bits per heavy atom. The summed E-state index contributed by atoms with van der Waals surface area (Å²) in [6.07, 6.45) is 4.31. The van der Waals surface area contributed by atoms with Crippen molar-refractivity contribution in [2.75, 3.05) is 0 Å². The van der Waals surface area contributed by atoms with Crippen molar-refractivity contribution in [2.45, 2.75) is 54.4 Å². The minimum Gasteiger partial charge on any atom is -0.508 e. The van der Waals surface area contributed by atoms with E-state index in [-0.39, 0.29) is 0 Å². The molecule has 0 saturated heterocycles. The summed E-state index contributed by atoms with van der Waals surface area (Å²) < 4.78 is 0. The van der Waals surface area contributed by atoms with Gasteiger partial charge in [-0.15, -0.1) is 0 Å². The zero-order valence-electron chi connectivity index (χ0n) is 17.1. The summed E-state index contributed by atoms with van der Waals surface area (Å²) in [5.41, 5.74) is 4.61. The first-order chi connectivity index (χ1) is 12.0. The summed E-state index contributed by atoms with van der Waals surface area (Å²) in [7, 11) is 0. The molecule has 0 radical (unpaired) electrons. The zero-order chi connectivity index (χ0) is 19.4. The largest absolute Gasteiger partial charge is 0.508 e. The number of hydrogen-bond donors (Lipinski definition) is 2. The van der Waals surface area contributed by atoms with Crippen LogP contribution in [0.3, 0.4) is 0 Å². The maximum atomic E-state index is 9.05. The van der Waals surface area contributed by atoms with Gasteiger partial charge in [-0.05, 0) is 53.0 Å². The molecule has 2 aromatic carbocycles. The second-order valence-corrected chi connectivity index (χ2v) is 9.50. The minimum atomic E-state index is 0.316. The van der Waals surface area contributed by atoms with E-state index in [1.807, 2.05) is 12.1 Å². The van der Waals surface area contributed by atoms with Crippen LogP contribution in [-0.4, -0.2) is 10.1 Å². The van der Waals surface area contributed by atoms with Crippen LogP contribution in [0, 0.1) is 10.8 Å². The second kappa shape index (κ2) is 7.99. The standard InChI is InChI=1S/C13H17N.C11H16O/c1-13(2,3)8-10-9-14-12-7-5-4-6-11(10)12;1-11(2,3)8-9-4-6-10(12)7-5-9/h4-7,9,14H,8H2,1-3H3;4-7,12H,8H2,1-3H3. The summed E-state index contributed by atoms with van der Waals surface area (Å²) in [6.45, 7) is 13.4. The fourth-order valence-corrected chi connectivity index (χ4v) is 3.08. The number of H-pyrrole nitrogens is 1. The quantitative estimate of drug-likeness (QED) is 0.527. The predicted molar refractivity (Wildman–Crippen MR) is 113 cm³/mol. The molecule has 2 heteroatoms. The molecule has 1 heterocycles. The molecular weight excluding hydrogens is 318 g/mol. The Balaban J connectivity index is 0.000000190. The number of phenols is 1. The van der Waals surface area contributed by atoms with Gasteiger partial charge in [0, 0.05) is 17.1 Å². The summed E-state index contributed by atoms with van der Waals surface area (Å²) in [5, 5.41) is 10.4. The van der Waals surface area contributed by atoms with Crippen LogP contribution < -0.4 is 0 Å². The van der Waals surface area contributed by atoms with Crippen molar-refractivity contribution in [1.29, 1.82) is 0 Å². The van der Waals surface area contributed by atoms with Crippen molar-refractivity contribution >= 4 is 10.9 Å². The number of fused-ring (bicyclic) bond motifs is 1. The van der Waals surface area contributed by atoms with Gasteiger partial charge >= 0.3 is 0 Å². The highest BCUT2D eigenvalue weighted by Gasteiger charge is 2.13. The Morgan fingerprint density at radius 1 is 0.769 bits per heavy atom. The van der Waals surface area contributed by atoms with Gasteiger partial charge in [0.1, 0.15) is 5.75 Å². The smallest absolute Gasteiger partial charge is 0.115 e. The summed E-state index contributed by atoms with van der Waals surface area (Å²) in [6, 6.07) is 15.9. The molecule has 1 aromatic heterocycles. The molecule has 0 unspecified atom stereocenters. The van der Waals surface area contributed by atoms with Crippen molar-refractivity contribution in [3.05, 3.63) is 65.9 Å². The number of rotatable bonds is 2. The lowest BCUT2D eigenvalue weighted by molar-refractivity contribution is 0.410. The highest BCUT2D eigenvalue weighted by Crippen LogP contribution is 2.26. The number of hydrogen-bond acceptors (Lipinski definition) is 1. The maximum Gasteiger partial charge on any atom is 0.115 e. The molecule has 0 amide bonds. The van der Waals surface area contributed by atoms with Gasteiger partial charge in [0.25, 0.3) is 0 Å². The number of aromatic nitrogens is 1. The van der Waals surface area contributed by atoms with Crippen molar-refractivity contribution in [3.63, 3.8) is 0 Å². The molecule has 0 aliphatic carbocycles. The predicted octanol–water partition coefficient (Wildman–Crippen LogP) is 6.74. The first-order valence-corrected chi connectivity index (χ1v) is 9.36. The number of nitrogens with one attached hydrogen (secondary N) is 1. The van der Waals surface area contributed by atoms with Gasteiger partial charge in [0.2, 0.25) is 0 Å². The van der Waals surface area contributed by atoms with E-state index in [0.29, 0.717) is 16.6 Å². The van der Waals surface area contributed by atoms with Crippen LogP contribution in [0.4, 0.5) is 0 Å². The monoisotopic (exact) mass is 351 g/mol. The molecule has 0 saturated carbocycles. The third-order valence-corrected chi connectivity index (χ3v) is 4.07. The van der Waals surface area contributed by atoms with Gasteiger partial charge in [0.05, 0.1) is 0 Å². The first kappa shape index (κ1) is 20.1. The van der Waals surface area contributed by atoms with E-state index in [1.54, 1.807) is 12.1 Å². The lowest BCUT2D eigenvalue weighted by atomic mass is 9.88. The van der Waals surface area contributed by atoms with E-state index in [4.69, 9.17) is 5.11 Å². The van der Waals surface area contributed by atoms with Gasteiger partial charge in [-0.3, -0.25) is 0 Å². The molecule has 0 bridgehead atoms. The van der Waals surface area contributed by atoms with Crippen LogP contribution in [0.5, 0.6) is 5.75 Å². The molecule has 0 atom stereocenters. The SMILES string of the molecule is CC(C)(C)Cc1c[nH]c2ccccc12.CC(C)(C)Cc1ccc(O)cc1. The number of aromatic amines is 1. The fraction of sp³-hybridized carbons (Fsp3) is 0.417. The Hall–Kier alpha value is -2.22. The first-order valence-electron chi connectivity index (χ1n) is 9.36. The van der Waals surface area contributed by atoms with Crippen LogP contribution in [-0.2, 0) is 12.8 Å². The normalized spacial score (nSPS) is 11.9. The third kappa shape index (κ3) is 6.59. The van der Waals surface area contributed by atoms with E-state index >= 15 is 0 Å². The van der Waals surface area contributed by atoms with E-state index in [0.717, 1.165) is 12.8 Å². The lowest BCUT2D eigenvalue weighted by Gasteiger charge is -2.17. The fourth-order valence-electron chi connectivity index (χ4n) is 3.08. The Labute approximate surface area is 158 Å². The summed E-state index contributed by atoms with van der Waals surface area (Å²) in [4.78, 5) is 3.31. The van der Waals surface area contributed by atoms with Gasteiger partial charge < -0.3 is 10.1 Å². The number of phenolic OH excluding ortho intramolecular Hbond substituents is 1. The molecule has 2 nitrogen and oxygen atoms in total. The lowest BCUT2D eigenvalue weighted by Crippen LogP contribution is -2.08. The molecule has 3 rings (SSSR count). The van der Waals surface area contributed by atoms with E-state index in [1.165, 1.54) is 22.0 Å². The molecule has 0 spiro atoms. The minimum absolute atomic E-state index is 0.316. The molecule has 140 valence electrons. The third-order valence-electron chi connectivity index (χ3n) is 4.07. The molecule has 0 aliphatic rings. The van der Waals surface area contributed by atoms with Crippen LogP contribution in [0.15, 0.2) is 54.7 Å². The zero-order valence-corrected chi connectivity index (χ0v) is 17.1. The number of benzene rings is 2. The Bertz CT molecular complexity index is 814. The topological polar surface area (TPSA) is 36.0 Å². The van der Waals surface area contributed by atoms with Crippen molar-refractivity contribution < 1.29 is 5.11 Å². The summed E-state index contributed by atoms with van der Waals surface area (Å²) in [5.74, 6) is 0.340. The molecule has 26 heavy (non-hydrogen) atoms. The van der Waals surface area contributed by atoms with Gasteiger partial charge in [0.15, 0.2) is 0 Å². The number of aromatic hydroxyl groups is 1. The average Bonchev–Trinajstić information content (AvgIpc) is 2.91. The van der Waals surface area contributed by atoms with Crippen LogP contribution in [0.2, 0.25) is 0 Å². The molecule has 2 N–H and O–H groups in total. The van der Waals surface area contributed by atoms with Gasteiger partial charge in [-0.25, -0.2) is 0 Å². The highest BCUT2D eigenvalue weighted by atomic mass is 16.3. The maximum absolute atomic E-state index is 9.05. The molecular formula is C24H33NO. The van der Waals surface area contributed by atoms with Gasteiger partial charge in [-0.2, -0.15) is 0 Å². The van der Waals surface area contributed by atoms with E-state index in [2.05, 4.69) is 77.0 Å². The summed E-state index contributed by atoms with van der Waals surface area (Å²) >= 11 is 0. The Morgan fingerprint density at radius 3 is 1.92 bits per heavy atom. The Kier molecular flexibility index (Phi) is 6.17. The van der Waals surface area contributed by atoms with Crippen molar-refractivity contribution in [1.82, 2.24) is 4.98 Å². The van der Waals surface area contributed by atoms with Crippen LogP contribution >= 0.6 is 0 Å². The van der Waals surface area contributed by atoms with E-state index < -0.39 is 0 Å². The van der Waals surface area contributed by atoms with Crippen LogP contribution in [0.25, 0.3) is 10.9 Å². The average molecular weight is 352 g/mol. The molecule has 3 aromatic rings. The number of para-hydroxylation sites is 1. The highest BCUT2D eigenvalue weighted by molar-refractivity contribution is 5.83. The molecule has 0 fully saturated rings. The van der Waals surface area contributed by atoms with Crippen molar-refractivity contribution in [2.24, 2.45) is 10.8 Å². The van der Waals surface area contributed by atoms with Crippen molar-refractivity contribution in [3.8, 4) is 5.75 Å². The molecule has 0 aliphatic heterocycles. The van der Waals surface area contributed by atoms with Gasteiger partial charge in [-0.1, -0.05) is 71.9 Å². The second-order valence-electron chi connectivity index (χ2n) is 9.50. The van der Waals surface area contributed by atoms with E-state index in [9.17, 15) is 0 Å². The van der Waals surface area contributed by atoms with Crippen LogP contribution in [0.1, 0.15) is 52.7 Å².